The van der Waals surface area contributed by atoms with Gasteiger partial charge in [0.1, 0.15) is 0 Å². The molecule has 2 fully saturated rings. The van der Waals surface area contributed by atoms with Gasteiger partial charge in [0.2, 0.25) is 0 Å². The van der Waals surface area contributed by atoms with Crippen molar-refractivity contribution in [3.63, 3.8) is 0 Å². The molecule has 3 nitrogen and oxygen atoms in total. The summed E-state index contributed by atoms with van der Waals surface area (Å²) in [6.07, 6.45) is 2.63. The summed E-state index contributed by atoms with van der Waals surface area (Å²) in [5, 5.41) is 3.46. The average Bonchev–Trinajstić information content (AvgIpc) is 2.05. The summed E-state index contributed by atoms with van der Waals surface area (Å²) in [5.41, 5.74) is 0.271. The number of hydrogen-bond donors (Lipinski definition) is 1. The van der Waals surface area contributed by atoms with E-state index in [-0.39, 0.29) is 5.54 Å². The molecule has 2 heterocycles. The molecule has 1 unspecified atom stereocenters. The maximum Gasteiger partial charge on any atom is 0.0878 e. The van der Waals surface area contributed by atoms with Gasteiger partial charge in [-0.2, -0.15) is 0 Å². The summed E-state index contributed by atoms with van der Waals surface area (Å²) in [5.74, 6) is 0. The number of hydrogen-bond acceptors (Lipinski definition) is 3. The first-order chi connectivity index (χ1) is 5.37. The molecule has 2 rings (SSSR count). The first kappa shape index (κ1) is 7.53. The van der Waals surface area contributed by atoms with Gasteiger partial charge in [-0.1, -0.05) is 0 Å². The van der Waals surface area contributed by atoms with Gasteiger partial charge >= 0.3 is 0 Å². The Kier molecular flexibility index (Phi) is 1.87. The molecule has 1 spiro atoms. The van der Waals surface area contributed by atoms with Gasteiger partial charge in [-0.25, -0.2) is 0 Å². The van der Waals surface area contributed by atoms with E-state index in [9.17, 15) is 0 Å². The van der Waals surface area contributed by atoms with Crippen LogP contribution >= 0.6 is 0 Å². The Hall–Kier alpha value is -0.120. The van der Waals surface area contributed by atoms with E-state index in [0.29, 0.717) is 6.10 Å². The molecule has 0 amide bonds. The monoisotopic (exact) mass is 157 g/mol. The molecule has 2 aliphatic rings. The van der Waals surface area contributed by atoms with Gasteiger partial charge in [-0.15, -0.1) is 0 Å². The van der Waals surface area contributed by atoms with Crippen molar-refractivity contribution in [2.45, 2.75) is 24.5 Å². The zero-order valence-electron chi connectivity index (χ0n) is 6.93. The van der Waals surface area contributed by atoms with Gasteiger partial charge in [0.15, 0.2) is 0 Å². The minimum atomic E-state index is 0.271. The predicted octanol–water partition coefficient (Wildman–Crippen LogP) is 0.154. The highest BCUT2D eigenvalue weighted by atomic mass is 16.5. The second-order valence-electron chi connectivity index (χ2n) is 3.37. The Bertz CT molecular complexity index is 141. The summed E-state index contributed by atoms with van der Waals surface area (Å²) in [6, 6.07) is 0. The Morgan fingerprint density at radius 2 is 2.18 bits per heavy atom. The van der Waals surface area contributed by atoms with Crippen LogP contribution in [0.2, 0.25) is 0 Å². The van der Waals surface area contributed by atoms with Crippen LogP contribution in [-0.4, -0.2) is 38.5 Å². The van der Waals surface area contributed by atoms with Crippen LogP contribution in [0.5, 0.6) is 0 Å². The molecule has 11 heavy (non-hydrogen) atoms. The summed E-state index contributed by atoms with van der Waals surface area (Å²) in [7, 11) is 1.79. The maximum atomic E-state index is 5.36. The molecule has 1 atom stereocenters. The molecule has 2 aliphatic heterocycles. The lowest BCUT2D eigenvalue weighted by atomic mass is 9.78. The van der Waals surface area contributed by atoms with Crippen LogP contribution in [0.25, 0.3) is 0 Å². The van der Waals surface area contributed by atoms with Crippen molar-refractivity contribution in [3.8, 4) is 0 Å². The number of nitrogens with one attached hydrogen (secondary N) is 1. The Morgan fingerprint density at radius 3 is 2.64 bits per heavy atom. The van der Waals surface area contributed by atoms with Crippen molar-refractivity contribution in [2.24, 2.45) is 0 Å². The third-order valence-electron chi connectivity index (χ3n) is 2.93. The van der Waals surface area contributed by atoms with E-state index in [0.717, 1.165) is 32.6 Å². The molecule has 64 valence electrons. The molecule has 0 aromatic heterocycles. The van der Waals surface area contributed by atoms with Crippen LogP contribution in [0.4, 0.5) is 0 Å². The predicted molar refractivity (Wildman–Crippen MR) is 41.6 cm³/mol. The molecule has 0 saturated carbocycles. The first-order valence-corrected chi connectivity index (χ1v) is 4.23. The summed E-state index contributed by atoms with van der Waals surface area (Å²) in [6.45, 7) is 2.77. The van der Waals surface area contributed by atoms with Crippen LogP contribution in [0, 0.1) is 0 Å². The highest BCUT2D eigenvalue weighted by molar-refractivity contribution is 5.06. The minimum Gasteiger partial charge on any atom is -0.381 e. The van der Waals surface area contributed by atoms with Gasteiger partial charge in [-0.05, 0) is 12.8 Å². The van der Waals surface area contributed by atoms with Gasteiger partial charge in [-0.3, -0.25) is 0 Å². The lowest BCUT2D eigenvalue weighted by Crippen LogP contribution is -2.71. The van der Waals surface area contributed by atoms with E-state index in [1.807, 2.05) is 0 Å². The van der Waals surface area contributed by atoms with Crippen LogP contribution in [-0.2, 0) is 9.47 Å². The number of ether oxygens (including phenoxy) is 2. The zero-order chi connectivity index (χ0) is 7.73. The van der Waals surface area contributed by atoms with Crippen LogP contribution in [0.15, 0.2) is 0 Å². The fourth-order valence-corrected chi connectivity index (χ4v) is 2.02. The van der Waals surface area contributed by atoms with E-state index >= 15 is 0 Å². The molecule has 0 bridgehead atoms. The molecule has 0 aliphatic carbocycles. The molecule has 0 radical (unpaired) electrons. The molecule has 1 N–H and O–H groups in total. The first-order valence-electron chi connectivity index (χ1n) is 4.23. The van der Waals surface area contributed by atoms with E-state index in [2.05, 4.69) is 5.32 Å². The van der Waals surface area contributed by atoms with E-state index in [1.165, 1.54) is 0 Å². The second-order valence-corrected chi connectivity index (χ2v) is 3.37. The Morgan fingerprint density at radius 1 is 1.45 bits per heavy atom. The normalized spacial score (nSPS) is 35.2. The van der Waals surface area contributed by atoms with Gasteiger partial charge in [0, 0.05) is 26.9 Å². The maximum absolute atomic E-state index is 5.36. The molecule has 3 heteroatoms. The molecule has 0 aromatic carbocycles. The van der Waals surface area contributed by atoms with Crippen LogP contribution in [0.3, 0.4) is 0 Å². The van der Waals surface area contributed by atoms with Crippen molar-refractivity contribution in [3.05, 3.63) is 0 Å². The summed E-state index contributed by atoms with van der Waals surface area (Å²) < 4.78 is 10.7. The SMILES string of the molecule is COC1CNC12CCOCC2. The van der Waals surface area contributed by atoms with E-state index in [4.69, 9.17) is 9.47 Å². The van der Waals surface area contributed by atoms with E-state index in [1.54, 1.807) is 7.11 Å². The van der Waals surface area contributed by atoms with Gasteiger partial charge in [0.25, 0.3) is 0 Å². The second kappa shape index (κ2) is 2.73. The summed E-state index contributed by atoms with van der Waals surface area (Å²) >= 11 is 0. The largest absolute Gasteiger partial charge is 0.381 e. The van der Waals surface area contributed by atoms with Gasteiger partial charge in [0.05, 0.1) is 11.6 Å². The molecular formula is C8H15NO2. The number of methoxy groups -OCH3 is 1. The fraction of sp³-hybridized carbons (Fsp3) is 1.00. The van der Waals surface area contributed by atoms with Gasteiger partial charge < -0.3 is 14.8 Å². The van der Waals surface area contributed by atoms with Crippen molar-refractivity contribution in [1.82, 2.24) is 5.32 Å². The molecule has 0 aromatic rings. The number of rotatable bonds is 1. The van der Waals surface area contributed by atoms with Crippen molar-refractivity contribution < 1.29 is 9.47 Å². The molecule has 2 saturated heterocycles. The third kappa shape index (κ3) is 1.08. The lowest BCUT2D eigenvalue weighted by molar-refractivity contribution is -0.0960. The standard InChI is InChI=1S/C8H15NO2/c1-10-7-6-9-8(7)2-4-11-5-3-8/h7,9H,2-6H2,1H3. The lowest BCUT2D eigenvalue weighted by Gasteiger charge is -2.51. The highest BCUT2D eigenvalue weighted by Crippen LogP contribution is 2.31. The van der Waals surface area contributed by atoms with E-state index < -0.39 is 0 Å². The quantitative estimate of drug-likeness (QED) is 0.588. The Labute approximate surface area is 67.1 Å². The third-order valence-corrected chi connectivity index (χ3v) is 2.93. The van der Waals surface area contributed by atoms with Crippen molar-refractivity contribution in [2.75, 3.05) is 26.9 Å². The average molecular weight is 157 g/mol. The minimum absolute atomic E-state index is 0.271. The smallest absolute Gasteiger partial charge is 0.0878 e. The fourth-order valence-electron chi connectivity index (χ4n) is 2.02. The van der Waals surface area contributed by atoms with Crippen molar-refractivity contribution >= 4 is 0 Å². The summed E-state index contributed by atoms with van der Waals surface area (Å²) in [4.78, 5) is 0. The Balaban J connectivity index is 1.97. The highest BCUT2D eigenvalue weighted by Gasteiger charge is 2.47. The van der Waals surface area contributed by atoms with Crippen molar-refractivity contribution in [1.29, 1.82) is 0 Å². The van der Waals surface area contributed by atoms with Crippen LogP contribution < -0.4 is 5.32 Å². The molecular weight excluding hydrogens is 142 g/mol. The topological polar surface area (TPSA) is 30.5 Å². The zero-order valence-corrected chi connectivity index (χ0v) is 6.93. The van der Waals surface area contributed by atoms with Crippen LogP contribution in [0.1, 0.15) is 12.8 Å².